The van der Waals surface area contributed by atoms with Gasteiger partial charge in [-0.2, -0.15) is 10.1 Å². The van der Waals surface area contributed by atoms with Gasteiger partial charge in [0.05, 0.1) is 23.7 Å². The molecule has 1 saturated heterocycles. The minimum Gasteiger partial charge on any atom is -0.363 e. The zero-order chi connectivity index (χ0) is 16.7. The molecule has 0 spiro atoms. The van der Waals surface area contributed by atoms with Crippen LogP contribution in [0.1, 0.15) is 30.4 Å². The van der Waals surface area contributed by atoms with Crippen LogP contribution in [0.3, 0.4) is 0 Å². The van der Waals surface area contributed by atoms with Crippen LogP contribution < -0.4 is 0 Å². The van der Waals surface area contributed by atoms with Crippen molar-refractivity contribution >= 4 is 10.9 Å². The Kier molecular flexibility index (Phi) is 3.82. The van der Waals surface area contributed by atoms with E-state index in [1.165, 1.54) is 0 Å². The molecule has 3 aromatic rings. The van der Waals surface area contributed by atoms with Crippen molar-refractivity contribution in [3.63, 3.8) is 0 Å². The summed E-state index contributed by atoms with van der Waals surface area (Å²) in [5.74, 6) is 1.18. The van der Waals surface area contributed by atoms with Crippen LogP contribution in [0.25, 0.3) is 10.9 Å². The Balaban J connectivity index is 1.57. The van der Waals surface area contributed by atoms with Crippen molar-refractivity contribution < 1.29 is 9.26 Å². The van der Waals surface area contributed by atoms with Crippen LogP contribution in [-0.4, -0.2) is 51.1 Å². The maximum Gasteiger partial charge on any atom is 0.257 e. The summed E-state index contributed by atoms with van der Waals surface area (Å²) in [7, 11) is 4.02. The molecule has 0 unspecified atom stereocenters. The number of fused-ring (bicyclic) bond motifs is 1. The van der Waals surface area contributed by atoms with Crippen molar-refractivity contribution in [3.8, 4) is 0 Å². The molecular formula is C17H21N5O2. The average Bonchev–Trinajstić information content (AvgIpc) is 3.13. The maximum absolute atomic E-state index is 5.92. The molecule has 0 N–H and O–H groups in total. The van der Waals surface area contributed by atoms with Crippen molar-refractivity contribution in [1.29, 1.82) is 0 Å². The minimum absolute atomic E-state index is 0.156. The van der Waals surface area contributed by atoms with Crippen molar-refractivity contribution in [2.75, 3.05) is 20.1 Å². The molecular weight excluding hydrogens is 306 g/mol. The lowest BCUT2D eigenvalue weighted by Crippen LogP contribution is -2.40. The fraction of sp³-hybridized carbons (Fsp3) is 0.471. The number of hydrogen-bond donors (Lipinski definition) is 0. The van der Waals surface area contributed by atoms with Crippen LogP contribution in [0.2, 0.25) is 0 Å². The summed E-state index contributed by atoms with van der Waals surface area (Å²) in [6.07, 6.45) is 0.535. The lowest BCUT2D eigenvalue weighted by Gasteiger charge is -2.32. The summed E-state index contributed by atoms with van der Waals surface area (Å²) in [5.41, 5.74) is 2.05. The molecule has 2 aromatic heterocycles. The fourth-order valence-corrected chi connectivity index (χ4v) is 3.34. The highest BCUT2D eigenvalue weighted by Crippen LogP contribution is 2.24. The van der Waals surface area contributed by atoms with Crippen LogP contribution in [-0.2, 0) is 18.2 Å². The molecule has 1 aliphatic heterocycles. The van der Waals surface area contributed by atoms with Gasteiger partial charge < -0.3 is 14.2 Å². The summed E-state index contributed by atoms with van der Waals surface area (Å²) in [6, 6.07) is 8.15. The number of para-hydroxylation sites is 1. The van der Waals surface area contributed by atoms with E-state index in [0.717, 1.165) is 29.7 Å². The largest absolute Gasteiger partial charge is 0.363 e. The van der Waals surface area contributed by atoms with Gasteiger partial charge in [-0.3, -0.25) is 4.68 Å². The molecule has 0 saturated carbocycles. The third-order valence-corrected chi connectivity index (χ3v) is 4.36. The highest BCUT2D eigenvalue weighted by Gasteiger charge is 2.28. The fourth-order valence-electron chi connectivity index (χ4n) is 3.34. The number of ether oxygens (including phenoxy) is 1. The Morgan fingerprint density at radius 2 is 2.04 bits per heavy atom. The first-order valence-corrected chi connectivity index (χ1v) is 8.17. The molecule has 0 amide bonds. The van der Waals surface area contributed by atoms with Crippen LogP contribution in [0.15, 0.2) is 28.8 Å². The Bertz CT molecular complexity index is 846. The molecule has 2 atom stereocenters. The molecule has 7 heteroatoms. The molecule has 0 radical (unpaired) electrons. The van der Waals surface area contributed by atoms with E-state index in [0.29, 0.717) is 18.1 Å². The lowest BCUT2D eigenvalue weighted by molar-refractivity contribution is -0.0838. The summed E-state index contributed by atoms with van der Waals surface area (Å²) in [5, 5.41) is 9.82. The van der Waals surface area contributed by atoms with Crippen molar-refractivity contribution in [2.45, 2.75) is 25.6 Å². The molecule has 4 rings (SSSR count). The summed E-state index contributed by atoms with van der Waals surface area (Å²) >= 11 is 0. The van der Waals surface area contributed by atoms with Crippen molar-refractivity contribution in [2.24, 2.45) is 7.05 Å². The first-order valence-electron chi connectivity index (χ1n) is 8.17. The SMILES string of the molecule is C[C@@H]1CN(C)C[C@H](c2nc(Cc3nn(C)c4ccccc34)no2)O1. The molecule has 1 aliphatic rings. The third kappa shape index (κ3) is 2.81. The smallest absolute Gasteiger partial charge is 0.257 e. The number of benzene rings is 1. The van der Waals surface area contributed by atoms with Crippen molar-refractivity contribution in [3.05, 3.63) is 41.7 Å². The second-order valence-electron chi connectivity index (χ2n) is 6.47. The number of aromatic nitrogens is 4. The van der Waals surface area contributed by atoms with E-state index in [2.05, 4.69) is 46.2 Å². The van der Waals surface area contributed by atoms with Crippen LogP contribution in [0, 0.1) is 0 Å². The van der Waals surface area contributed by atoms with Crippen molar-refractivity contribution in [1.82, 2.24) is 24.8 Å². The number of likely N-dealkylation sites (N-methyl/N-ethyl adjacent to an activating group) is 1. The predicted octanol–water partition coefficient (Wildman–Crippen LogP) is 1.94. The molecule has 126 valence electrons. The normalized spacial score (nSPS) is 22.3. The molecule has 0 aliphatic carbocycles. The zero-order valence-electron chi connectivity index (χ0n) is 14.1. The Morgan fingerprint density at radius 1 is 1.21 bits per heavy atom. The van der Waals surface area contributed by atoms with E-state index >= 15 is 0 Å². The van der Waals surface area contributed by atoms with Gasteiger partial charge in [0.1, 0.15) is 6.10 Å². The molecule has 1 fully saturated rings. The van der Waals surface area contributed by atoms with E-state index in [9.17, 15) is 0 Å². The number of morpholine rings is 1. The van der Waals surface area contributed by atoms with Gasteiger partial charge in [0.2, 0.25) is 0 Å². The third-order valence-electron chi connectivity index (χ3n) is 4.36. The molecule has 0 bridgehead atoms. The number of hydrogen-bond acceptors (Lipinski definition) is 6. The zero-order valence-corrected chi connectivity index (χ0v) is 14.1. The molecule has 1 aromatic carbocycles. The summed E-state index contributed by atoms with van der Waals surface area (Å²) in [6.45, 7) is 3.73. The second kappa shape index (κ2) is 5.99. The minimum atomic E-state index is -0.166. The lowest BCUT2D eigenvalue weighted by atomic mass is 10.1. The average molecular weight is 327 g/mol. The highest BCUT2D eigenvalue weighted by atomic mass is 16.5. The van der Waals surface area contributed by atoms with E-state index in [4.69, 9.17) is 9.26 Å². The molecule has 3 heterocycles. The molecule has 7 nitrogen and oxygen atoms in total. The van der Waals surface area contributed by atoms with Gasteiger partial charge >= 0.3 is 0 Å². The Hall–Kier alpha value is -2.25. The van der Waals surface area contributed by atoms with E-state index < -0.39 is 0 Å². The Morgan fingerprint density at radius 3 is 2.88 bits per heavy atom. The van der Waals surface area contributed by atoms with Gasteiger partial charge in [0.25, 0.3) is 5.89 Å². The van der Waals surface area contributed by atoms with Gasteiger partial charge in [0, 0.05) is 25.5 Å². The number of rotatable bonds is 3. The van der Waals surface area contributed by atoms with Gasteiger partial charge in [-0.25, -0.2) is 0 Å². The van der Waals surface area contributed by atoms with E-state index in [1.54, 1.807) is 0 Å². The van der Waals surface area contributed by atoms with E-state index in [-0.39, 0.29) is 12.2 Å². The maximum atomic E-state index is 5.92. The predicted molar refractivity (Wildman–Crippen MR) is 88.6 cm³/mol. The Labute approximate surface area is 140 Å². The first-order chi connectivity index (χ1) is 11.6. The van der Waals surface area contributed by atoms with Gasteiger partial charge in [-0.05, 0) is 20.0 Å². The van der Waals surface area contributed by atoms with Gasteiger partial charge in [-0.15, -0.1) is 0 Å². The van der Waals surface area contributed by atoms with Gasteiger partial charge in [0.15, 0.2) is 5.82 Å². The monoisotopic (exact) mass is 327 g/mol. The van der Waals surface area contributed by atoms with Gasteiger partial charge in [-0.1, -0.05) is 23.4 Å². The second-order valence-corrected chi connectivity index (χ2v) is 6.47. The summed E-state index contributed by atoms with van der Waals surface area (Å²) < 4.78 is 13.2. The van der Waals surface area contributed by atoms with E-state index in [1.807, 2.05) is 23.9 Å². The summed E-state index contributed by atoms with van der Waals surface area (Å²) in [4.78, 5) is 6.75. The molecule has 24 heavy (non-hydrogen) atoms. The van der Waals surface area contributed by atoms with Crippen LogP contribution >= 0.6 is 0 Å². The standard InChI is InChI=1S/C17H21N5O2/c1-11-9-21(2)10-15(23-11)17-18-16(20-24-17)8-13-12-6-4-5-7-14(12)22(3)19-13/h4-7,11,15H,8-10H2,1-3H3/t11-,15-/m1/s1. The quantitative estimate of drug-likeness (QED) is 0.732. The van der Waals surface area contributed by atoms with Crippen LogP contribution in [0.5, 0.6) is 0 Å². The highest BCUT2D eigenvalue weighted by molar-refractivity contribution is 5.82. The number of nitrogens with zero attached hydrogens (tertiary/aromatic N) is 5. The number of aryl methyl sites for hydroxylation is 1. The first kappa shape index (κ1) is 15.3. The van der Waals surface area contributed by atoms with Crippen LogP contribution in [0.4, 0.5) is 0 Å². The topological polar surface area (TPSA) is 69.2 Å².